The van der Waals surface area contributed by atoms with Gasteiger partial charge in [0.05, 0.1) is 18.4 Å². The van der Waals surface area contributed by atoms with Gasteiger partial charge in [-0.1, -0.05) is 18.2 Å². The topological polar surface area (TPSA) is 75.0 Å². The highest BCUT2D eigenvalue weighted by Gasteiger charge is 2.28. The number of anilines is 1. The molecular formula is C19H25IN6O2. The number of hydrogen-bond acceptors (Lipinski definition) is 4. The zero-order chi connectivity index (χ0) is 18.8. The van der Waals surface area contributed by atoms with Gasteiger partial charge in [0, 0.05) is 39.8 Å². The first-order valence-corrected chi connectivity index (χ1v) is 9.13. The summed E-state index contributed by atoms with van der Waals surface area (Å²) < 4.78 is 7.67. The van der Waals surface area contributed by atoms with Crippen LogP contribution in [-0.4, -0.2) is 65.9 Å². The van der Waals surface area contributed by atoms with Crippen molar-refractivity contribution in [2.75, 3.05) is 38.1 Å². The van der Waals surface area contributed by atoms with E-state index in [0.29, 0.717) is 26.2 Å². The maximum atomic E-state index is 12.6. The van der Waals surface area contributed by atoms with Crippen LogP contribution in [0.15, 0.2) is 41.7 Å². The summed E-state index contributed by atoms with van der Waals surface area (Å²) in [6.45, 7) is 2.27. The van der Waals surface area contributed by atoms with Crippen LogP contribution in [0.1, 0.15) is 5.56 Å². The quantitative estimate of drug-likeness (QED) is 0.394. The van der Waals surface area contributed by atoms with Crippen LogP contribution >= 0.6 is 24.0 Å². The van der Waals surface area contributed by atoms with E-state index in [2.05, 4.69) is 21.5 Å². The Hall–Kier alpha value is -2.30. The number of amides is 1. The first-order chi connectivity index (χ1) is 13.1. The van der Waals surface area contributed by atoms with Gasteiger partial charge in [-0.3, -0.25) is 14.5 Å². The lowest BCUT2D eigenvalue weighted by molar-refractivity contribution is -0.120. The molecule has 1 amide bonds. The van der Waals surface area contributed by atoms with Crippen LogP contribution in [0.4, 0.5) is 5.69 Å². The Morgan fingerprint density at radius 1 is 1.36 bits per heavy atom. The Morgan fingerprint density at radius 2 is 2.18 bits per heavy atom. The van der Waals surface area contributed by atoms with Gasteiger partial charge in [0.1, 0.15) is 18.4 Å². The van der Waals surface area contributed by atoms with E-state index in [1.165, 1.54) is 5.56 Å². The monoisotopic (exact) mass is 496 g/mol. The lowest BCUT2D eigenvalue weighted by atomic mass is 10.1. The summed E-state index contributed by atoms with van der Waals surface area (Å²) in [6.07, 6.45) is 4.53. The highest BCUT2D eigenvalue weighted by molar-refractivity contribution is 14.0. The number of halogens is 1. The molecule has 0 aliphatic carbocycles. The summed E-state index contributed by atoms with van der Waals surface area (Å²) in [5.74, 6) is 1.73. The van der Waals surface area contributed by atoms with Crippen molar-refractivity contribution in [1.29, 1.82) is 0 Å². The molecule has 0 spiro atoms. The number of aryl methyl sites for hydroxylation is 1. The molecular weight excluding hydrogens is 471 g/mol. The van der Waals surface area contributed by atoms with Gasteiger partial charge in [-0.05, 0) is 11.6 Å². The van der Waals surface area contributed by atoms with E-state index in [9.17, 15) is 4.79 Å². The van der Waals surface area contributed by atoms with Crippen LogP contribution in [-0.2, 0) is 18.3 Å². The zero-order valence-electron chi connectivity index (χ0n) is 16.0. The highest BCUT2D eigenvalue weighted by Crippen LogP contribution is 2.27. The van der Waals surface area contributed by atoms with Crippen LogP contribution in [0.3, 0.4) is 0 Å². The van der Waals surface area contributed by atoms with Gasteiger partial charge in [-0.15, -0.1) is 24.0 Å². The summed E-state index contributed by atoms with van der Waals surface area (Å²) in [5.41, 5.74) is 2.07. The Kier molecular flexibility index (Phi) is 6.42. The number of hydrogen-bond donors (Lipinski definition) is 1. The number of aromatic nitrogens is 2. The summed E-state index contributed by atoms with van der Waals surface area (Å²) in [7, 11) is 3.59. The number of benzene rings is 1. The largest absolute Gasteiger partial charge is 0.488 e. The van der Waals surface area contributed by atoms with Crippen LogP contribution in [0.2, 0.25) is 0 Å². The first kappa shape index (κ1) is 20.4. The van der Waals surface area contributed by atoms with Gasteiger partial charge in [0.2, 0.25) is 5.91 Å². The van der Waals surface area contributed by atoms with E-state index in [1.54, 1.807) is 22.8 Å². The molecule has 1 atom stereocenters. The molecule has 150 valence electrons. The number of nitrogens with zero attached hydrogens (tertiary/aromatic N) is 5. The minimum absolute atomic E-state index is 0. The second-order valence-corrected chi connectivity index (χ2v) is 6.82. The third-order valence-corrected chi connectivity index (χ3v) is 4.94. The molecule has 4 rings (SSSR count). The molecule has 1 aromatic heterocycles. The molecule has 0 bridgehead atoms. The predicted octanol–water partition coefficient (Wildman–Crippen LogP) is 1.27. The molecule has 3 heterocycles. The molecule has 28 heavy (non-hydrogen) atoms. The van der Waals surface area contributed by atoms with E-state index in [4.69, 9.17) is 4.74 Å². The fourth-order valence-corrected chi connectivity index (χ4v) is 3.58. The zero-order valence-corrected chi connectivity index (χ0v) is 18.4. The Morgan fingerprint density at radius 3 is 2.86 bits per heavy atom. The number of carbonyl (C=O) groups is 1. The molecule has 0 saturated carbocycles. The van der Waals surface area contributed by atoms with Gasteiger partial charge in [-0.2, -0.15) is 5.10 Å². The van der Waals surface area contributed by atoms with Gasteiger partial charge in [-0.25, -0.2) is 0 Å². The maximum absolute atomic E-state index is 12.6. The second-order valence-electron chi connectivity index (χ2n) is 6.82. The fraction of sp³-hybridized carbons (Fsp3) is 0.421. The van der Waals surface area contributed by atoms with Crippen LogP contribution < -0.4 is 15.0 Å². The van der Waals surface area contributed by atoms with Crippen LogP contribution in [0, 0.1) is 0 Å². The average Bonchev–Trinajstić information content (AvgIpc) is 3.28. The van der Waals surface area contributed by atoms with Gasteiger partial charge < -0.3 is 19.9 Å². The maximum Gasteiger partial charge on any atom is 0.246 e. The van der Waals surface area contributed by atoms with Gasteiger partial charge in [0.15, 0.2) is 5.96 Å². The third-order valence-electron chi connectivity index (χ3n) is 4.94. The lowest BCUT2D eigenvalue weighted by Crippen LogP contribution is -2.56. The SMILES string of the molecule is CN=C(NCC1Cc2ccccc2O1)N1CCN(c2cnn(C)c2)C(=O)C1.I. The second kappa shape index (κ2) is 8.80. The summed E-state index contributed by atoms with van der Waals surface area (Å²) in [5, 5.41) is 7.51. The van der Waals surface area contributed by atoms with E-state index in [0.717, 1.165) is 23.8 Å². The molecule has 2 aliphatic heterocycles. The van der Waals surface area contributed by atoms with Crippen LogP contribution in [0.25, 0.3) is 0 Å². The minimum atomic E-state index is 0. The van der Waals surface area contributed by atoms with Crippen molar-refractivity contribution in [1.82, 2.24) is 20.0 Å². The fourth-order valence-electron chi connectivity index (χ4n) is 3.58. The normalized spacial score (nSPS) is 19.1. The summed E-state index contributed by atoms with van der Waals surface area (Å²) in [6, 6.07) is 8.12. The van der Waals surface area contributed by atoms with E-state index in [-0.39, 0.29) is 36.0 Å². The standard InChI is InChI=1S/C19H24N6O2.HI/c1-20-19(21-11-16-9-14-5-3-4-6-17(14)27-16)24-7-8-25(18(26)13-24)15-10-22-23(2)12-15;/h3-6,10,12,16H,7-9,11,13H2,1-2H3,(H,20,21);1H. The Bertz CT molecular complexity index is 843. The van der Waals surface area contributed by atoms with Gasteiger partial charge in [0.25, 0.3) is 0 Å². The molecule has 1 fully saturated rings. The molecule has 2 aromatic rings. The number of guanidine groups is 1. The molecule has 1 N–H and O–H groups in total. The van der Waals surface area contributed by atoms with E-state index >= 15 is 0 Å². The van der Waals surface area contributed by atoms with Crippen molar-refractivity contribution < 1.29 is 9.53 Å². The number of nitrogens with one attached hydrogen (secondary N) is 1. The molecule has 8 nitrogen and oxygen atoms in total. The van der Waals surface area contributed by atoms with Crippen molar-refractivity contribution in [3.05, 3.63) is 42.2 Å². The number of rotatable bonds is 3. The third kappa shape index (κ3) is 4.23. The molecule has 1 aromatic carbocycles. The average molecular weight is 496 g/mol. The number of fused-ring (bicyclic) bond motifs is 1. The number of piperazine rings is 1. The highest BCUT2D eigenvalue weighted by atomic mass is 127. The van der Waals surface area contributed by atoms with Gasteiger partial charge >= 0.3 is 0 Å². The van der Waals surface area contributed by atoms with Crippen molar-refractivity contribution in [3.8, 4) is 5.75 Å². The smallest absolute Gasteiger partial charge is 0.246 e. The molecule has 1 unspecified atom stereocenters. The van der Waals surface area contributed by atoms with Crippen molar-refractivity contribution in [2.45, 2.75) is 12.5 Å². The molecule has 2 aliphatic rings. The summed E-state index contributed by atoms with van der Waals surface area (Å²) in [4.78, 5) is 20.7. The van der Waals surface area contributed by atoms with Crippen molar-refractivity contribution in [2.24, 2.45) is 12.0 Å². The Labute approximate surface area is 181 Å². The molecule has 9 heteroatoms. The molecule has 0 radical (unpaired) electrons. The first-order valence-electron chi connectivity index (χ1n) is 9.13. The van der Waals surface area contributed by atoms with Crippen LogP contribution in [0.5, 0.6) is 5.75 Å². The lowest BCUT2D eigenvalue weighted by Gasteiger charge is -2.35. The summed E-state index contributed by atoms with van der Waals surface area (Å²) >= 11 is 0. The van der Waals surface area contributed by atoms with E-state index in [1.807, 2.05) is 36.3 Å². The molecule has 1 saturated heterocycles. The number of para-hydroxylation sites is 1. The van der Waals surface area contributed by atoms with Crippen molar-refractivity contribution in [3.63, 3.8) is 0 Å². The Balaban J connectivity index is 0.00000225. The minimum Gasteiger partial charge on any atom is -0.488 e. The number of aliphatic imine (C=N–C) groups is 1. The van der Waals surface area contributed by atoms with E-state index < -0.39 is 0 Å². The predicted molar refractivity (Wildman–Crippen MR) is 118 cm³/mol. The number of ether oxygens (including phenoxy) is 1. The van der Waals surface area contributed by atoms with Crippen molar-refractivity contribution >= 4 is 41.5 Å². The number of carbonyl (C=O) groups excluding carboxylic acids is 1.